The summed E-state index contributed by atoms with van der Waals surface area (Å²) in [5, 5.41) is 0. The zero-order valence-electron chi connectivity index (χ0n) is 23.6. The normalized spacial score (nSPS) is 11.3. The molecule has 0 aromatic heterocycles. The molecule has 0 aromatic rings. The van der Waals surface area contributed by atoms with Crippen molar-refractivity contribution in [2.24, 2.45) is 0 Å². The Bertz CT molecular complexity index is 373. The summed E-state index contributed by atoms with van der Waals surface area (Å²) in [6, 6.07) is 0. The van der Waals surface area contributed by atoms with E-state index in [1.54, 1.807) is 0 Å². The van der Waals surface area contributed by atoms with Gasteiger partial charge in [0, 0.05) is 19.5 Å². The Morgan fingerprint density at radius 3 is 1.00 bits per heavy atom. The van der Waals surface area contributed by atoms with Crippen molar-refractivity contribution in [3.8, 4) is 0 Å². The average molecular weight is 498 g/mol. The standard InChI is InChI=1S/C31H63NOS/c1-3-5-7-9-11-13-15-17-19-21-23-25-28-32(31(33)27-30-34)29-26-24-22-20-18-16-14-12-10-8-6-4-2/h34H,3-30H2,1-2H3. The number of hydrogen-bond donors (Lipinski definition) is 1. The number of nitrogens with zero attached hydrogens (tertiary/aromatic N) is 1. The Hall–Kier alpha value is -0.180. The molecule has 0 rings (SSSR count). The minimum atomic E-state index is 0.321. The second-order valence-corrected chi connectivity index (χ2v) is 11.1. The van der Waals surface area contributed by atoms with Crippen LogP contribution in [-0.4, -0.2) is 29.6 Å². The van der Waals surface area contributed by atoms with Gasteiger partial charge in [0.1, 0.15) is 0 Å². The maximum absolute atomic E-state index is 12.5. The van der Waals surface area contributed by atoms with Crippen LogP contribution in [0.4, 0.5) is 0 Å². The van der Waals surface area contributed by atoms with E-state index < -0.39 is 0 Å². The van der Waals surface area contributed by atoms with Gasteiger partial charge in [-0.1, -0.05) is 155 Å². The topological polar surface area (TPSA) is 20.3 Å². The second-order valence-electron chi connectivity index (χ2n) is 10.6. The van der Waals surface area contributed by atoms with Gasteiger partial charge in [-0.2, -0.15) is 12.6 Å². The van der Waals surface area contributed by atoms with Crippen LogP contribution in [0.15, 0.2) is 0 Å². The van der Waals surface area contributed by atoms with Gasteiger partial charge in [0.25, 0.3) is 0 Å². The van der Waals surface area contributed by atoms with Gasteiger partial charge in [0.15, 0.2) is 0 Å². The van der Waals surface area contributed by atoms with E-state index >= 15 is 0 Å². The van der Waals surface area contributed by atoms with Crippen LogP contribution in [0.1, 0.15) is 174 Å². The quantitative estimate of drug-likeness (QED) is 0.0841. The molecular weight excluding hydrogens is 434 g/mol. The van der Waals surface area contributed by atoms with Gasteiger partial charge in [-0.05, 0) is 18.6 Å². The number of rotatable bonds is 28. The maximum Gasteiger partial charge on any atom is 0.223 e. The van der Waals surface area contributed by atoms with Crippen molar-refractivity contribution in [3.05, 3.63) is 0 Å². The first-order valence-electron chi connectivity index (χ1n) is 15.6. The summed E-state index contributed by atoms with van der Waals surface area (Å²) in [6.45, 7) is 6.49. The summed E-state index contributed by atoms with van der Waals surface area (Å²) in [5.41, 5.74) is 0. The van der Waals surface area contributed by atoms with Crippen LogP contribution in [0.3, 0.4) is 0 Å². The summed E-state index contributed by atoms with van der Waals surface area (Å²) in [5.74, 6) is 0.993. The van der Waals surface area contributed by atoms with Crippen LogP contribution in [0.2, 0.25) is 0 Å². The van der Waals surface area contributed by atoms with Gasteiger partial charge in [-0.25, -0.2) is 0 Å². The van der Waals surface area contributed by atoms with Gasteiger partial charge in [0.05, 0.1) is 0 Å². The van der Waals surface area contributed by atoms with Crippen molar-refractivity contribution in [1.82, 2.24) is 4.90 Å². The summed E-state index contributed by atoms with van der Waals surface area (Å²) in [4.78, 5) is 14.6. The molecule has 0 fully saturated rings. The molecule has 0 saturated carbocycles. The van der Waals surface area contributed by atoms with Crippen molar-refractivity contribution in [3.63, 3.8) is 0 Å². The van der Waals surface area contributed by atoms with Crippen LogP contribution in [-0.2, 0) is 4.79 Å². The molecule has 1 amide bonds. The van der Waals surface area contributed by atoms with Gasteiger partial charge in [-0.15, -0.1) is 0 Å². The first kappa shape index (κ1) is 33.8. The second kappa shape index (κ2) is 29.1. The Balaban J connectivity index is 3.65. The Morgan fingerprint density at radius 2 is 0.735 bits per heavy atom. The van der Waals surface area contributed by atoms with E-state index in [0.717, 1.165) is 13.1 Å². The molecule has 34 heavy (non-hydrogen) atoms. The Kier molecular flexibility index (Phi) is 28.9. The summed E-state index contributed by atoms with van der Waals surface area (Å²) < 4.78 is 0. The number of carbonyl (C=O) groups excluding carboxylic acids is 1. The van der Waals surface area contributed by atoms with Crippen LogP contribution in [0.5, 0.6) is 0 Å². The highest BCUT2D eigenvalue weighted by Crippen LogP contribution is 2.14. The summed E-state index contributed by atoms with van der Waals surface area (Å²) in [7, 11) is 0. The molecule has 0 unspecified atom stereocenters. The van der Waals surface area contributed by atoms with Crippen LogP contribution < -0.4 is 0 Å². The lowest BCUT2D eigenvalue weighted by molar-refractivity contribution is -0.130. The lowest BCUT2D eigenvalue weighted by Crippen LogP contribution is -2.33. The third-order valence-electron chi connectivity index (χ3n) is 7.24. The molecule has 0 bridgehead atoms. The lowest BCUT2D eigenvalue weighted by atomic mass is 10.0. The molecule has 0 radical (unpaired) electrons. The minimum absolute atomic E-state index is 0.321. The fourth-order valence-electron chi connectivity index (χ4n) is 4.90. The Labute approximate surface area is 221 Å². The molecule has 0 aliphatic carbocycles. The van der Waals surface area contributed by atoms with Crippen molar-refractivity contribution >= 4 is 18.5 Å². The zero-order valence-corrected chi connectivity index (χ0v) is 24.5. The SMILES string of the molecule is CCCCCCCCCCCCCCN(CCCCCCCCCCCCCC)C(=O)CCS. The van der Waals surface area contributed by atoms with E-state index in [0.29, 0.717) is 18.1 Å². The molecule has 204 valence electrons. The monoisotopic (exact) mass is 497 g/mol. The molecular formula is C31H63NOS. The van der Waals surface area contributed by atoms with E-state index in [1.165, 1.54) is 154 Å². The number of unbranched alkanes of at least 4 members (excludes halogenated alkanes) is 22. The fraction of sp³-hybridized carbons (Fsp3) is 0.968. The summed E-state index contributed by atoms with van der Waals surface area (Å²) in [6.07, 6.45) is 33.5. The Morgan fingerprint density at radius 1 is 0.471 bits per heavy atom. The highest BCUT2D eigenvalue weighted by atomic mass is 32.1. The highest BCUT2D eigenvalue weighted by Gasteiger charge is 2.11. The van der Waals surface area contributed by atoms with Crippen LogP contribution >= 0.6 is 12.6 Å². The maximum atomic E-state index is 12.5. The molecule has 0 aliphatic rings. The van der Waals surface area contributed by atoms with E-state index in [9.17, 15) is 4.79 Å². The number of hydrogen-bond acceptors (Lipinski definition) is 2. The van der Waals surface area contributed by atoms with Crippen LogP contribution in [0, 0.1) is 0 Å². The molecule has 0 N–H and O–H groups in total. The molecule has 0 heterocycles. The summed E-state index contributed by atoms with van der Waals surface area (Å²) >= 11 is 4.28. The largest absolute Gasteiger partial charge is 0.343 e. The van der Waals surface area contributed by atoms with Gasteiger partial charge in [0.2, 0.25) is 5.91 Å². The molecule has 0 spiro atoms. The van der Waals surface area contributed by atoms with E-state index in [-0.39, 0.29) is 0 Å². The predicted octanol–water partition coefficient (Wildman–Crippen LogP) is 10.5. The number of amides is 1. The lowest BCUT2D eigenvalue weighted by Gasteiger charge is -2.22. The van der Waals surface area contributed by atoms with Crippen molar-refractivity contribution in [1.29, 1.82) is 0 Å². The third kappa shape index (κ3) is 24.9. The van der Waals surface area contributed by atoms with Crippen molar-refractivity contribution in [2.75, 3.05) is 18.8 Å². The van der Waals surface area contributed by atoms with Crippen molar-refractivity contribution in [2.45, 2.75) is 174 Å². The highest BCUT2D eigenvalue weighted by molar-refractivity contribution is 7.80. The third-order valence-corrected chi connectivity index (χ3v) is 7.47. The average Bonchev–Trinajstić information content (AvgIpc) is 2.84. The van der Waals surface area contributed by atoms with Crippen molar-refractivity contribution < 1.29 is 4.79 Å². The zero-order chi connectivity index (χ0) is 25.0. The van der Waals surface area contributed by atoms with Crippen LogP contribution in [0.25, 0.3) is 0 Å². The molecule has 3 heteroatoms. The fourth-order valence-corrected chi connectivity index (χ4v) is 5.09. The molecule has 2 nitrogen and oxygen atoms in total. The number of carbonyl (C=O) groups is 1. The first-order valence-corrected chi connectivity index (χ1v) is 16.3. The molecule has 0 aliphatic heterocycles. The molecule has 0 atom stereocenters. The van der Waals surface area contributed by atoms with Gasteiger partial charge < -0.3 is 4.90 Å². The van der Waals surface area contributed by atoms with Gasteiger partial charge >= 0.3 is 0 Å². The van der Waals surface area contributed by atoms with E-state index in [2.05, 4.69) is 31.4 Å². The van der Waals surface area contributed by atoms with E-state index in [1.807, 2.05) is 0 Å². The smallest absolute Gasteiger partial charge is 0.223 e. The predicted molar refractivity (Wildman–Crippen MR) is 157 cm³/mol. The minimum Gasteiger partial charge on any atom is -0.343 e. The molecule has 0 saturated heterocycles. The molecule has 0 aromatic carbocycles. The number of thiol groups is 1. The van der Waals surface area contributed by atoms with E-state index in [4.69, 9.17) is 0 Å². The van der Waals surface area contributed by atoms with Gasteiger partial charge in [-0.3, -0.25) is 4.79 Å². The first-order chi connectivity index (χ1) is 16.8.